The Morgan fingerprint density at radius 3 is 1.50 bits per heavy atom. The minimum Gasteiger partial charge on any atom is -0.500 e. The zero-order valence-corrected chi connectivity index (χ0v) is 23.9. The number of thioether (sulfide) groups is 1. The van der Waals surface area contributed by atoms with Gasteiger partial charge in [-0.2, -0.15) is 60.9 Å². The van der Waals surface area contributed by atoms with Crippen LogP contribution in [0.4, 0.5) is 11.4 Å². The summed E-state index contributed by atoms with van der Waals surface area (Å²) in [5.41, 5.74) is 5.04. The van der Waals surface area contributed by atoms with Crippen LogP contribution in [0.15, 0.2) is 61.2 Å². The van der Waals surface area contributed by atoms with Gasteiger partial charge < -0.3 is 19.6 Å². The Bertz CT molecular complexity index is 940. The van der Waals surface area contributed by atoms with Crippen LogP contribution in [0.2, 0.25) is 0 Å². The van der Waals surface area contributed by atoms with Gasteiger partial charge in [-0.25, -0.2) is 0 Å². The molecule has 0 amide bonds. The molecule has 0 atom stereocenters. The first-order valence-corrected chi connectivity index (χ1v) is 12.5. The third-order valence-corrected chi connectivity index (χ3v) is 6.69. The zero-order chi connectivity index (χ0) is 23.6. The third-order valence-electron chi connectivity index (χ3n) is 5.72. The summed E-state index contributed by atoms with van der Waals surface area (Å²) in [6.07, 6.45) is 8.43. The summed E-state index contributed by atoms with van der Waals surface area (Å²) in [6.45, 7) is 17.7. The molecular formula is C28H34N4PtS. The van der Waals surface area contributed by atoms with E-state index in [1.54, 1.807) is 0 Å². The molecule has 0 fully saturated rings. The number of hydrogen-bond acceptors (Lipinski definition) is 5. The van der Waals surface area contributed by atoms with Gasteiger partial charge >= 0.3 is 21.1 Å². The monoisotopic (exact) mass is 653 g/mol. The van der Waals surface area contributed by atoms with Crippen molar-refractivity contribution in [1.82, 2.24) is 9.80 Å². The van der Waals surface area contributed by atoms with Gasteiger partial charge in [-0.1, -0.05) is 41.5 Å². The molecule has 0 bridgehead atoms. The van der Waals surface area contributed by atoms with Crippen molar-refractivity contribution in [1.29, 1.82) is 0 Å². The molecule has 2 aliphatic rings. The van der Waals surface area contributed by atoms with E-state index in [4.69, 9.17) is 0 Å². The van der Waals surface area contributed by atoms with Gasteiger partial charge in [-0.3, -0.25) is 0 Å². The molecule has 0 radical (unpaired) electrons. The first-order chi connectivity index (χ1) is 15.6. The molecule has 0 unspecified atom stereocenters. The van der Waals surface area contributed by atoms with Gasteiger partial charge in [0.15, 0.2) is 0 Å². The molecule has 0 saturated carbocycles. The van der Waals surface area contributed by atoms with Gasteiger partial charge in [0.2, 0.25) is 0 Å². The molecule has 0 aliphatic carbocycles. The normalized spacial score (nSPS) is 15.9. The second kappa shape index (κ2) is 10.8. The average molecular weight is 654 g/mol. The van der Waals surface area contributed by atoms with E-state index >= 15 is 0 Å². The minimum absolute atomic E-state index is 0. The maximum absolute atomic E-state index is 3.36. The van der Waals surface area contributed by atoms with Crippen LogP contribution in [0.1, 0.15) is 52.7 Å². The molecule has 2 aromatic carbocycles. The predicted octanol–water partition coefficient (Wildman–Crippen LogP) is 6.65. The summed E-state index contributed by atoms with van der Waals surface area (Å²) in [6, 6.07) is 19.5. The fourth-order valence-electron chi connectivity index (χ4n) is 3.62. The van der Waals surface area contributed by atoms with Gasteiger partial charge in [-0.05, 0) is 35.6 Å². The first kappa shape index (κ1) is 26.8. The van der Waals surface area contributed by atoms with E-state index in [0.717, 1.165) is 23.1 Å². The molecule has 2 aliphatic heterocycles. The maximum atomic E-state index is 3.36. The number of rotatable bonds is 6. The van der Waals surface area contributed by atoms with Crippen molar-refractivity contribution in [3.63, 3.8) is 0 Å². The standard InChI is InChI=1S/C28H34N4S.Pt/c1-27(2,3)23-9-7-11-25(17-23)31-15-13-29(19-31)21-33-22-30-14-16-32(20-30)26-12-8-10-24(18-26)28(4,5)6;/h7-10,13-20H,21-22H2,1-6H3;/q-4;+4. The molecule has 34 heavy (non-hydrogen) atoms. The molecule has 182 valence electrons. The Morgan fingerprint density at radius 2 is 1.12 bits per heavy atom. The SMILES string of the molecule is CC(C)(C)c1cc[c-]c(N2C=CN(CSCN3C=CN(c4[c-]ccc(C(C)(C)C)c4)[CH-]3)[CH-]2)c1.[Pt+4]. The van der Waals surface area contributed by atoms with Crippen LogP contribution in [0.3, 0.4) is 0 Å². The van der Waals surface area contributed by atoms with Crippen LogP contribution in [0.5, 0.6) is 0 Å². The van der Waals surface area contributed by atoms with Crippen LogP contribution in [-0.4, -0.2) is 21.6 Å². The Hall–Kier alpha value is -1.84. The van der Waals surface area contributed by atoms with Crippen molar-refractivity contribution < 1.29 is 21.1 Å². The summed E-state index contributed by atoms with van der Waals surface area (Å²) in [5.74, 6) is 1.77. The summed E-state index contributed by atoms with van der Waals surface area (Å²) in [5, 5.41) is 0. The Morgan fingerprint density at radius 1 is 0.706 bits per heavy atom. The zero-order valence-electron chi connectivity index (χ0n) is 20.9. The van der Waals surface area contributed by atoms with E-state index in [9.17, 15) is 0 Å². The molecule has 0 aromatic heterocycles. The fourth-order valence-corrected chi connectivity index (χ4v) is 4.43. The predicted molar refractivity (Wildman–Crippen MR) is 141 cm³/mol. The van der Waals surface area contributed by atoms with Crippen molar-refractivity contribution in [3.05, 3.63) is 97.8 Å². The van der Waals surface area contributed by atoms with Crippen LogP contribution in [-0.2, 0) is 31.9 Å². The largest absolute Gasteiger partial charge is 4.00 e. The molecule has 2 aromatic rings. The Kier molecular flexibility index (Phi) is 8.52. The van der Waals surface area contributed by atoms with Crippen LogP contribution < -0.4 is 9.80 Å². The van der Waals surface area contributed by atoms with Crippen molar-refractivity contribution >= 4 is 23.1 Å². The quantitative estimate of drug-likeness (QED) is 0.323. The maximum Gasteiger partial charge on any atom is 4.00 e. The Balaban J connectivity index is 0.00000324. The smallest absolute Gasteiger partial charge is 0.500 e. The molecule has 6 heteroatoms. The van der Waals surface area contributed by atoms with Gasteiger partial charge in [0.25, 0.3) is 0 Å². The van der Waals surface area contributed by atoms with E-state index in [1.807, 2.05) is 23.9 Å². The second-order valence-corrected chi connectivity index (χ2v) is 11.5. The third kappa shape index (κ3) is 6.64. The van der Waals surface area contributed by atoms with Gasteiger partial charge in [0.1, 0.15) is 0 Å². The molecule has 0 spiro atoms. The molecule has 4 rings (SSSR count). The number of benzene rings is 2. The van der Waals surface area contributed by atoms with Gasteiger partial charge in [0.05, 0.1) is 0 Å². The van der Waals surface area contributed by atoms with Crippen molar-refractivity contribution in [3.8, 4) is 0 Å². The summed E-state index contributed by atoms with van der Waals surface area (Å²) in [4.78, 5) is 8.69. The van der Waals surface area contributed by atoms with E-state index < -0.39 is 0 Å². The van der Waals surface area contributed by atoms with Crippen LogP contribution >= 0.6 is 11.8 Å². The first-order valence-electron chi connectivity index (χ1n) is 11.4. The topological polar surface area (TPSA) is 13.0 Å². The number of anilines is 2. The molecule has 2 heterocycles. The van der Waals surface area contributed by atoms with Gasteiger partial charge in [0, 0.05) is 11.8 Å². The molecule has 0 N–H and O–H groups in total. The van der Waals surface area contributed by atoms with Gasteiger partial charge in [-0.15, -0.1) is 35.3 Å². The van der Waals surface area contributed by atoms with E-state index in [-0.39, 0.29) is 31.9 Å². The van der Waals surface area contributed by atoms with Crippen LogP contribution in [0.25, 0.3) is 0 Å². The van der Waals surface area contributed by atoms with Crippen molar-refractivity contribution in [2.24, 2.45) is 0 Å². The van der Waals surface area contributed by atoms with E-state index in [2.05, 4.69) is 136 Å². The fraction of sp³-hybridized carbons (Fsp3) is 0.357. The Labute approximate surface area is 224 Å². The molecular weight excluding hydrogens is 619 g/mol. The average Bonchev–Trinajstić information content (AvgIpc) is 3.43. The second-order valence-electron chi connectivity index (χ2n) is 10.6. The summed E-state index contributed by atoms with van der Waals surface area (Å²) >= 11 is 1.87. The minimum atomic E-state index is 0. The molecule has 4 nitrogen and oxygen atoms in total. The van der Waals surface area contributed by atoms with Crippen LogP contribution in [0, 0.1) is 25.5 Å². The number of nitrogens with zero attached hydrogens (tertiary/aromatic N) is 4. The summed E-state index contributed by atoms with van der Waals surface area (Å²) in [7, 11) is 0. The van der Waals surface area contributed by atoms with Crippen molar-refractivity contribution in [2.75, 3.05) is 21.6 Å². The van der Waals surface area contributed by atoms with E-state index in [1.165, 1.54) is 11.1 Å². The number of hydrogen-bond donors (Lipinski definition) is 0. The van der Waals surface area contributed by atoms with E-state index in [0.29, 0.717) is 0 Å². The van der Waals surface area contributed by atoms with Crippen molar-refractivity contribution in [2.45, 2.75) is 52.4 Å². The molecule has 0 saturated heterocycles. The summed E-state index contributed by atoms with van der Waals surface area (Å²) < 4.78 is 0.